The Morgan fingerprint density at radius 3 is 2.72 bits per heavy atom. The fourth-order valence-corrected chi connectivity index (χ4v) is 1.61. The largest absolute Gasteiger partial charge is 0.469 e. The first-order chi connectivity index (χ1) is 8.43. The van der Waals surface area contributed by atoms with Gasteiger partial charge < -0.3 is 10.1 Å². The standard InChI is InChI=1S/C12H13ClFNO3/c1-7(5-11(16)18-2)15-12(17)9-4-3-8(14)6-10(9)13/h3-4,6-7H,5H2,1-2H3,(H,15,17). The van der Waals surface area contributed by atoms with E-state index in [0.29, 0.717) is 0 Å². The molecule has 4 nitrogen and oxygen atoms in total. The van der Waals surface area contributed by atoms with Crippen molar-refractivity contribution < 1.29 is 18.7 Å². The van der Waals surface area contributed by atoms with Gasteiger partial charge in [-0.15, -0.1) is 0 Å². The van der Waals surface area contributed by atoms with E-state index in [1.54, 1.807) is 6.92 Å². The maximum Gasteiger partial charge on any atom is 0.307 e. The zero-order valence-corrected chi connectivity index (χ0v) is 10.8. The van der Waals surface area contributed by atoms with Gasteiger partial charge in [0.2, 0.25) is 0 Å². The minimum atomic E-state index is -0.515. The lowest BCUT2D eigenvalue weighted by atomic mass is 10.1. The third-order valence-electron chi connectivity index (χ3n) is 2.25. The summed E-state index contributed by atoms with van der Waals surface area (Å²) in [7, 11) is 1.27. The van der Waals surface area contributed by atoms with Gasteiger partial charge in [0, 0.05) is 6.04 Å². The Morgan fingerprint density at radius 2 is 2.17 bits per heavy atom. The van der Waals surface area contributed by atoms with Crippen LogP contribution >= 0.6 is 11.6 Å². The molecule has 1 amide bonds. The Bertz CT molecular complexity index is 465. The highest BCUT2D eigenvalue weighted by atomic mass is 35.5. The second-order valence-corrected chi connectivity index (χ2v) is 4.19. The molecule has 0 aromatic heterocycles. The molecule has 1 atom stereocenters. The third kappa shape index (κ3) is 4.00. The first-order valence-corrected chi connectivity index (χ1v) is 5.64. The molecule has 1 N–H and O–H groups in total. The smallest absolute Gasteiger partial charge is 0.307 e. The number of methoxy groups -OCH3 is 1. The fourth-order valence-electron chi connectivity index (χ4n) is 1.36. The number of esters is 1. The number of benzene rings is 1. The summed E-state index contributed by atoms with van der Waals surface area (Å²) in [6.45, 7) is 1.66. The van der Waals surface area contributed by atoms with Crippen LogP contribution in [0, 0.1) is 5.82 Å². The van der Waals surface area contributed by atoms with Crippen molar-refractivity contribution in [2.45, 2.75) is 19.4 Å². The van der Waals surface area contributed by atoms with Crippen LogP contribution in [0.1, 0.15) is 23.7 Å². The maximum atomic E-state index is 12.8. The molecular weight excluding hydrogens is 261 g/mol. The summed E-state index contributed by atoms with van der Waals surface area (Å²) < 4.78 is 17.3. The average Bonchev–Trinajstić information content (AvgIpc) is 2.28. The van der Waals surface area contributed by atoms with Gasteiger partial charge in [-0.2, -0.15) is 0 Å². The van der Waals surface area contributed by atoms with Gasteiger partial charge in [-0.3, -0.25) is 9.59 Å². The number of nitrogens with one attached hydrogen (secondary N) is 1. The lowest BCUT2D eigenvalue weighted by Crippen LogP contribution is -2.34. The highest BCUT2D eigenvalue weighted by Gasteiger charge is 2.15. The Labute approximate surface area is 109 Å². The molecule has 18 heavy (non-hydrogen) atoms. The SMILES string of the molecule is COC(=O)CC(C)NC(=O)c1ccc(F)cc1Cl. The van der Waals surface area contributed by atoms with Crippen molar-refractivity contribution in [1.82, 2.24) is 5.32 Å². The summed E-state index contributed by atoms with van der Waals surface area (Å²) in [5, 5.41) is 2.60. The fraction of sp³-hybridized carbons (Fsp3) is 0.333. The summed E-state index contributed by atoms with van der Waals surface area (Å²) in [6, 6.07) is 3.09. The van der Waals surface area contributed by atoms with E-state index in [0.717, 1.165) is 12.1 Å². The van der Waals surface area contributed by atoms with Crippen LogP contribution in [0.25, 0.3) is 0 Å². The Kier molecular flexibility index (Phi) is 5.09. The van der Waals surface area contributed by atoms with Gasteiger partial charge in [0.1, 0.15) is 5.82 Å². The Morgan fingerprint density at radius 1 is 1.50 bits per heavy atom. The summed E-state index contributed by atoms with van der Waals surface area (Å²) in [6.07, 6.45) is 0.0566. The molecule has 1 unspecified atom stereocenters. The molecule has 6 heteroatoms. The quantitative estimate of drug-likeness (QED) is 0.856. The van der Waals surface area contributed by atoms with Crippen LogP contribution in [0.2, 0.25) is 5.02 Å². The van der Waals surface area contributed by atoms with Crippen molar-refractivity contribution in [3.05, 3.63) is 34.6 Å². The zero-order valence-electron chi connectivity index (χ0n) is 10.00. The van der Waals surface area contributed by atoms with Crippen LogP contribution in [0.3, 0.4) is 0 Å². The van der Waals surface area contributed by atoms with Gasteiger partial charge >= 0.3 is 5.97 Å². The predicted molar refractivity (Wildman–Crippen MR) is 65.0 cm³/mol. The van der Waals surface area contributed by atoms with Crippen LogP contribution in [0.5, 0.6) is 0 Å². The van der Waals surface area contributed by atoms with Gasteiger partial charge in [-0.05, 0) is 25.1 Å². The lowest BCUT2D eigenvalue weighted by Gasteiger charge is -2.13. The van der Waals surface area contributed by atoms with Crippen molar-refractivity contribution >= 4 is 23.5 Å². The minimum absolute atomic E-state index is 0.0257. The van der Waals surface area contributed by atoms with Crippen LogP contribution in [0.4, 0.5) is 4.39 Å². The number of halogens is 2. The van der Waals surface area contributed by atoms with Gasteiger partial charge in [-0.1, -0.05) is 11.6 Å². The highest BCUT2D eigenvalue weighted by Crippen LogP contribution is 2.17. The molecule has 0 aliphatic heterocycles. The molecule has 1 rings (SSSR count). The number of hydrogen-bond acceptors (Lipinski definition) is 3. The Balaban J connectivity index is 2.67. The van der Waals surface area contributed by atoms with E-state index in [2.05, 4.69) is 10.1 Å². The second kappa shape index (κ2) is 6.35. The van der Waals surface area contributed by atoms with E-state index in [1.807, 2.05) is 0 Å². The van der Waals surface area contributed by atoms with E-state index in [1.165, 1.54) is 13.2 Å². The molecule has 0 spiro atoms. The normalized spacial score (nSPS) is 11.8. The van der Waals surface area contributed by atoms with E-state index in [-0.39, 0.29) is 17.0 Å². The molecular formula is C12H13ClFNO3. The summed E-state index contributed by atoms with van der Waals surface area (Å²) >= 11 is 5.75. The van der Waals surface area contributed by atoms with Crippen LogP contribution in [-0.4, -0.2) is 25.0 Å². The number of hydrogen-bond donors (Lipinski definition) is 1. The summed E-state index contributed by atoms with van der Waals surface area (Å²) in [5.74, 6) is -1.40. The van der Waals surface area contributed by atoms with E-state index in [9.17, 15) is 14.0 Å². The molecule has 0 saturated heterocycles. The predicted octanol–water partition coefficient (Wildman–Crippen LogP) is 2.16. The second-order valence-electron chi connectivity index (χ2n) is 3.78. The molecule has 0 bridgehead atoms. The molecule has 0 aliphatic rings. The average molecular weight is 274 g/mol. The molecule has 98 valence electrons. The zero-order chi connectivity index (χ0) is 13.7. The maximum absolute atomic E-state index is 12.8. The molecule has 0 radical (unpaired) electrons. The highest BCUT2D eigenvalue weighted by molar-refractivity contribution is 6.33. The first-order valence-electron chi connectivity index (χ1n) is 5.26. The molecule has 1 aromatic carbocycles. The van der Waals surface area contributed by atoms with E-state index < -0.39 is 23.7 Å². The van der Waals surface area contributed by atoms with E-state index in [4.69, 9.17) is 11.6 Å². The third-order valence-corrected chi connectivity index (χ3v) is 2.57. The van der Waals surface area contributed by atoms with Crippen molar-refractivity contribution in [1.29, 1.82) is 0 Å². The van der Waals surface area contributed by atoms with Crippen LogP contribution in [0.15, 0.2) is 18.2 Å². The van der Waals surface area contributed by atoms with E-state index >= 15 is 0 Å². The van der Waals surface area contributed by atoms with Crippen molar-refractivity contribution in [3.63, 3.8) is 0 Å². The number of carbonyl (C=O) groups excluding carboxylic acids is 2. The number of ether oxygens (including phenoxy) is 1. The lowest BCUT2D eigenvalue weighted by molar-refractivity contribution is -0.141. The number of rotatable bonds is 4. The first kappa shape index (κ1) is 14.4. The minimum Gasteiger partial charge on any atom is -0.469 e. The monoisotopic (exact) mass is 273 g/mol. The molecule has 1 aromatic rings. The molecule has 0 aliphatic carbocycles. The Hall–Kier alpha value is -1.62. The van der Waals surface area contributed by atoms with Crippen LogP contribution < -0.4 is 5.32 Å². The van der Waals surface area contributed by atoms with Gasteiger partial charge in [-0.25, -0.2) is 4.39 Å². The van der Waals surface area contributed by atoms with Gasteiger partial charge in [0.25, 0.3) is 5.91 Å². The number of amides is 1. The van der Waals surface area contributed by atoms with Crippen molar-refractivity contribution in [3.8, 4) is 0 Å². The molecule has 0 fully saturated rings. The van der Waals surface area contributed by atoms with Crippen molar-refractivity contribution in [2.75, 3.05) is 7.11 Å². The summed E-state index contributed by atoms with van der Waals surface area (Å²) in [4.78, 5) is 22.8. The van der Waals surface area contributed by atoms with Crippen LogP contribution in [-0.2, 0) is 9.53 Å². The van der Waals surface area contributed by atoms with Gasteiger partial charge in [0.05, 0.1) is 24.1 Å². The number of carbonyl (C=O) groups is 2. The topological polar surface area (TPSA) is 55.4 Å². The van der Waals surface area contributed by atoms with Crippen molar-refractivity contribution in [2.24, 2.45) is 0 Å². The van der Waals surface area contributed by atoms with Gasteiger partial charge in [0.15, 0.2) is 0 Å². The summed E-state index contributed by atoms with van der Waals surface area (Å²) in [5.41, 5.74) is 0.162. The molecule has 0 saturated carbocycles. The molecule has 0 heterocycles.